The molecule has 17 heavy (non-hydrogen) atoms. The number of rotatable bonds is 2. The van der Waals surface area contributed by atoms with Crippen molar-refractivity contribution in [2.75, 3.05) is 0 Å². The maximum Gasteiger partial charge on any atom is 0.0837 e. The number of aliphatic hydroxyl groups is 1. The average Bonchev–Trinajstić information content (AvgIpc) is 2.53. The first-order chi connectivity index (χ1) is 8.31. The van der Waals surface area contributed by atoms with Gasteiger partial charge in [-0.05, 0) is 38.5 Å². The van der Waals surface area contributed by atoms with Gasteiger partial charge in [0.05, 0.1) is 18.3 Å². The first-order valence-electron chi connectivity index (χ1n) is 7.41. The van der Waals surface area contributed by atoms with Gasteiger partial charge in [0.25, 0.3) is 0 Å². The minimum atomic E-state index is -0.218. The van der Waals surface area contributed by atoms with Crippen LogP contribution in [0.2, 0.25) is 0 Å². The van der Waals surface area contributed by atoms with Crippen molar-refractivity contribution >= 4 is 0 Å². The highest BCUT2D eigenvalue weighted by Gasteiger charge is 2.36. The van der Waals surface area contributed by atoms with E-state index in [1.165, 1.54) is 32.1 Å². The highest BCUT2D eigenvalue weighted by molar-refractivity contribution is 4.93. The molecule has 2 saturated heterocycles. The fourth-order valence-corrected chi connectivity index (χ4v) is 3.78. The Labute approximate surface area is 104 Å². The van der Waals surface area contributed by atoms with Gasteiger partial charge < -0.3 is 15.2 Å². The molecule has 2 bridgehead atoms. The van der Waals surface area contributed by atoms with Crippen LogP contribution in [-0.4, -0.2) is 35.5 Å². The number of aliphatic hydroxyl groups excluding tert-OH is 1. The zero-order valence-electron chi connectivity index (χ0n) is 10.6. The van der Waals surface area contributed by atoms with Gasteiger partial charge >= 0.3 is 0 Å². The Balaban J connectivity index is 1.54. The van der Waals surface area contributed by atoms with Gasteiger partial charge in [-0.15, -0.1) is 0 Å². The third-order valence-corrected chi connectivity index (χ3v) is 4.71. The zero-order chi connectivity index (χ0) is 11.7. The minimum absolute atomic E-state index is 0.111. The van der Waals surface area contributed by atoms with E-state index in [1.807, 2.05) is 0 Å². The standard InChI is InChI=1S/C14H25NO2/c16-13-4-2-1-3-5-14(13)17-12-8-10-6-7-11(9-12)15-10/h10-16H,1-9H2. The number of piperidine rings is 1. The Hall–Kier alpha value is -0.120. The van der Waals surface area contributed by atoms with Gasteiger partial charge in [0, 0.05) is 12.1 Å². The van der Waals surface area contributed by atoms with Crippen molar-refractivity contribution in [1.82, 2.24) is 5.32 Å². The lowest BCUT2D eigenvalue weighted by Crippen LogP contribution is -2.44. The van der Waals surface area contributed by atoms with E-state index in [9.17, 15) is 5.11 Å². The monoisotopic (exact) mass is 239 g/mol. The van der Waals surface area contributed by atoms with Crippen molar-refractivity contribution in [3.8, 4) is 0 Å². The molecule has 98 valence electrons. The van der Waals surface area contributed by atoms with Crippen LogP contribution in [0.5, 0.6) is 0 Å². The maximum absolute atomic E-state index is 10.1. The molecule has 1 aliphatic carbocycles. The Morgan fingerprint density at radius 3 is 2.35 bits per heavy atom. The van der Waals surface area contributed by atoms with Crippen LogP contribution in [0.3, 0.4) is 0 Å². The molecule has 0 aromatic carbocycles. The molecule has 2 aliphatic heterocycles. The summed E-state index contributed by atoms with van der Waals surface area (Å²) in [5.74, 6) is 0. The molecule has 4 atom stereocenters. The average molecular weight is 239 g/mol. The van der Waals surface area contributed by atoms with E-state index >= 15 is 0 Å². The second-order valence-corrected chi connectivity index (χ2v) is 6.11. The molecular formula is C14H25NO2. The lowest BCUT2D eigenvalue weighted by molar-refractivity contribution is -0.0920. The number of hydrogen-bond donors (Lipinski definition) is 2. The predicted molar refractivity (Wildman–Crippen MR) is 66.9 cm³/mol. The topological polar surface area (TPSA) is 41.5 Å². The van der Waals surface area contributed by atoms with Crippen LogP contribution in [0.4, 0.5) is 0 Å². The number of fused-ring (bicyclic) bond motifs is 2. The SMILES string of the molecule is OC1CCCCCC1OC1CC2CCC(C1)N2. The van der Waals surface area contributed by atoms with Gasteiger partial charge in [-0.2, -0.15) is 0 Å². The van der Waals surface area contributed by atoms with Crippen molar-refractivity contribution in [3.05, 3.63) is 0 Å². The van der Waals surface area contributed by atoms with Crippen LogP contribution in [0, 0.1) is 0 Å². The summed E-state index contributed by atoms with van der Waals surface area (Å²) in [5.41, 5.74) is 0. The normalized spacial score (nSPS) is 46.8. The number of ether oxygens (including phenoxy) is 1. The molecule has 2 N–H and O–H groups in total. The summed E-state index contributed by atoms with van der Waals surface area (Å²) in [7, 11) is 0. The quantitative estimate of drug-likeness (QED) is 0.724. The molecule has 2 heterocycles. The molecule has 0 radical (unpaired) electrons. The van der Waals surface area contributed by atoms with Crippen molar-refractivity contribution in [3.63, 3.8) is 0 Å². The van der Waals surface area contributed by atoms with E-state index in [-0.39, 0.29) is 12.2 Å². The lowest BCUT2D eigenvalue weighted by atomic mass is 10.0. The van der Waals surface area contributed by atoms with E-state index in [1.54, 1.807) is 0 Å². The van der Waals surface area contributed by atoms with E-state index < -0.39 is 0 Å². The van der Waals surface area contributed by atoms with E-state index in [0.29, 0.717) is 18.2 Å². The summed E-state index contributed by atoms with van der Waals surface area (Å²) in [4.78, 5) is 0. The Kier molecular flexibility index (Phi) is 3.69. The second-order valence-electron chi connectivity index (χ2n) is 6.11. The van der Waals surface area contributed by atoms with Crippen LogP contribution >= 0.6 is 0 Å². The van der Waals surface area contributed by atoms with Crippen LogP contribution in [0.25, 0.3) is 0 Å². The molecule has 0 aromatic heterocycles. The highest BCUT2D eigenvalue weighted by Crippen LogP contribution is 2.31. The fourth-order valence-electron chi connectivity index (χ4n) is 3.78. The first-order valence-corrected chi connectivity index (χ1v) is 7.41. The van der Waals surface area contributed by atoms with E-state index in [0.717, 1.165) is 25.7 Å². The van der Waals surface area contributed by atoms with Gasteiger partial charge in [-0.25, -0.2) is 0 Å². The van der Waals surface area contributed by atoms with Crippen LogP contribution < -0.4 is 5.32 Å². The molecule has 0 spiro atoms. The van der Waals surface area contributed by atoms with Gasteiger partial charge in [0.1, 0.15) is 0 Å². The molecule has 3 fully saturated rings. The molecule has 3 nitrogen and oxygen atoms in total. The van der Waals surface area contributed by atoms with Gasteiger partial charge in [-0.3, -0.25) is 0 Å². The van der Waals surface area contributed by atoms with Crippen molar-refractivity contribution < 1.29 is 9.84 Å². The fraction of sp³-hybridized carbons (Fsp3) is 1.00. The Morgan fingerprint density at radius 2 is 1.59 bits per heavy atom. The molecule has 0 amide bonds. The minimum Gasteiger partial charge on any atom is -0.390 e. The Morgan fingerprint density at radius 1 is 0.882 bits per heavy atom. The predicted octanol–water partition coefficient (Wildman–Crippen LogP) is 1.98. The molecule has 1 saturated carbocycles. The summed E-state index contributed by atoms with van der Waals surface area (Å²) in [5, 5.41) is 13.7. The lowest BCUT2D eigenvalue weighted by Gasteiger charge is -2.33. The smallest absolute Gasteiger partial charge is 0.0837 e. The van der Waals surface area contributed by atoms with Gasteiger partial charge in [-0.1, -0.05) is 19.3 Å². The van der Waals surface area contributed by atoms with E-state index in [4.69, 9.17) is 4.74 Å². The maximum atomic E-state index is 10.1. The Bertz CT molecular complexity index is 247. The van der Waals surface area contributed by atoms with Crippen LogP contribution in [0.15, 0.2) is 0 Å². The molecule has 0 aromatic rings. The molecule has 3 aliphatic rings. The number of nitrogens with one attached hydrogen (secondary N) is 1. The van der Waals surface area contributed by atoms with Crippen molar-refractivity contribution in [1.29, 1.82) is 0 Å². The van der Waals surface area contributed by atoms with Crippen LogP contribution in [0.1, 0.15) is 57.8 Å². The van der Waals surface area contributed by atoms with Crippen molar-refractivity contribution in [2.45, 2.75) is 88.2 Å². The van der Waals surface area contributed by atoms with Gasteiger partial charge in [0.15, 0.2) is 0 Å². The van der Waals surface area contributed by atoms with Crippen molar-refractivity contribution in [2.24, 2.45) is 0 Å². The molecular weight excluding hydrogens is 214 g/mol. The second kappa shape index (κ2) is 5.25. The molecule has 3 rings (SSSR count). The van der Waals surface area contributed by atoms with Crippen LogP contribution in [-0.2, 0) is 4.74 Å². The third-order valence-electron chi connectivity index (χ3n) is 4.71. The molecule has 4 unspecified atom stereocenters. The number of hydrogen-bond acceptors (Lipinski definition) is 3. The highest BCUT2D eigenvalue weighted by atomic mass is 16.5. The summed E-state index contributed by atoms with van der Waals surface area (Å²) in [6, 6.07) is 1.36. The largest absolute Gasteiger partial charge is 0.390 e. The zero-order valence-corrected chi connectivity index (χ0v) is 10.6. The third kappa shape index (κ3) is 2.83. The summed E-state index contributed by atoms with van der Waals surface area (Å²) < 4.78 is 6.22. The summed E-state index contributed by atoms with van der Waals surface area (Å²) in [6.07, 6.45) is 10.9. The van der Waals surface area contributed by atoms with Gasteiger partial charge in [0.2, 0.25) is 0 Å². The summed E-state index contributed by atoms with van der Waals surface area (Å²) in [6.45, 7) is 0. The first kappa shape index (κ1) is 11.9. The van der Waals surface area contributed by atoms with E-state index in [2.05, 4.69) is 5.32 Å². The molecule has 3 heteroatoms. The summed E-state index contributed by atoms with van der Waals surface area (Å²) >= 11 is 0.